The fraction of sp³-hybridized carbons (Fsp3) is 0.462. The molecule has 7 heteroatoms. The highest BCUT2D eigenvalue weighted by atomic mass is 35.5. The Morgan fingerprint density at radius 1 is 0.939 bits per heavy atom. The molecule has 2 aromatic rings. The molecule has 0 saturated carbocycles. The maximum Gasteiger partial charge on any atom is 0.242 e. The number of amides is 2. The van der Waals surface area contributed by atoms with Crippen LogP contribution in [0.5, 0.6) is 11.5 Å². The second-order valence-corrected chi connectivity index (χ2v) is 8.05. The highest BCUT2D eigenvalue weighted by molar-refractivity contribution is 6.30. The highest BCUT2D eigenvalue weighted by Gasteiger charge is 2.28. The number of nitrogens with zero attached hydrogens (tertiary/aromatic N) is 1. The molecule has 0 aliphatic heterocycles. The van der Waals surface area contributed by atoms with Gasteiger partial charge in [0.2, 0.25) is 11.8 Å². The molecule has 0 saturated heterocycles. The van der Waals surface area contributed by atoms with Crippen molar-refractivity contribution in [1.29, 1.82) is 0 Å². The first-order chi connectivity index (χ1) is 15.9. The van der Waals surface area contributed by atoms with E-state index in [4.69, 9.17) is 21.1 Å². The van der Waals surface area contributed by atoms with E-state index in [9.17, 15) is 9.59 Å². The van der Waals surface area contributed by atoms with Crippen molar-refractivity contribution in [3.8, 4) is 11.5 Å². The molecule has 2 amide bonds. The van der Waals surface area contributed by atoms with Crippen molar-refractivity contribution in [1.82, 2.24) is 10.2 Å². The average Bonchev–Trinajstić information content (AvgIpc) is 2.80. The summed E-state index contributed by atoms with van der Waals surface area (Å²) < 4.78 is 11.3. The number of carbonyl (C=O) groups is 2. The molecule has 0 heterocycles. The number of nitrogens with one attached hydrogen (secondary N) is 1. The van der Waals surface area contributed by atoms with E-state index in [1.54, 1.807) is 17.0 Å². The molecule has 6 nitrogen and oxygen atoms in total. The van der Waals surface area contributed by atoms with E-state index < -0.39 is 6.04 Å². The van der Waals surface area contributed by atoms with Gasteiger partial charge < -0.3 is 19.7 Å². The zero-order chi connectivity index (χ0) is 24.2. The first-order valence-electron chi connectivity index (χ1n) is 11.6. The average molecular weight is 475 g/mol. The molecular formula is C26H35ClN2O4. The Balaban J connectivity index is 2.20. The lowest BCUT2D eigenvalue weighted by Gasteiger charge is -2.30. The van der Waals surface area contributed by atoms with Crippen molar-refractivity contribution in [2.45, 2.75) is 59.5 Å². The molecule has 1 N–H and O–H groups in total. The van der Waals surface area contributed by atoms with Crippen LogP contribution in [0.3, 0.4) is 0 Å². The summed E-state index contributed by atoms with van der Waals surface area (Å²) in [6.45, 7) is 9.59. The van der Waals surface area contributed by atoms with Gasteiger partial charge in [-0.2, -0.15) is 0 Å². The molecule has 0 bridgehead atoms. The summed E-state index contributed by atoms with van der Waals surface area (Å²) >= 11 is 6.01. The number of halogens is 1. The predicted molar refractivity (Wildman–Crippen MR) is 132 cm³/mol. The van der Waals surface area contributed by atoms with Gasteiger partial charge in [0.25, 0.3) is 0 Å². The Morgan fingerprint density at radius 2 is 1.58 bits per heavy atom. The minimum absolute atomic E-state index is 0.0742. The van der Waals surface area contributed by atoms with Crippen LogP contribution in [0.2, 0.25) is 5.02 Å². The van der Waals surface area contributed by atoms with Crippen molar-refractivity contribution >= 4 is 23.4 Å². The molecule has 180 valence electrons. The van der Waals surface area contributed by atoms with Crippen molar-refractivity contribution in [2.75, 3.05) is 19.8 Å². The molecule has 1 atom stereocenters. The first kappa shape index (κ1) is 26.5. The molecule has 0 fully saturated rings. The fourth-order valence-corrected chi connectivity index (χ4v) is 3.77. The normalized spacial score (nSPS) is 11.5. The van der Waals surface area contributed by atoms with Gasteiger partial charge in [0.15, 0.2) is 11.5 Å². The summed E-state index contributed by atoms with van der Waals surface area (Å²) in [6.07, 6.45) is 1.35. The van der Waals surface area contributed by atoms with Crippen LogP contribution in [0, 0.1) is 0 Å². The number of carbonyl (C=O) groups excluding carboxylic acids is 2. The zero-order valence-electron chi connectivity index (χ0n) is 20.0. The van der Waals surface area contributed by atoms with Crippen LogP contribution in [0.4, 0.5) is 0 Å². The molecule has 33 heavy (non-hydrogen) atoms. The lowest BCUT2D eigenvalue weighted by atomic mass is 10.1. The van der Waals surface area contributed by atoms with E-state index in [1.807, 2.05) is 58.0 Å². The van der Waals surface area contributed by atoms with E-state index in [0.717, 1.165) is 11.1 Å². The van der Waals surface area contributed by atoms with E-state index in [2.05, 4.69) is 5.32 Å². The van der Waals surface area contributed by atoms with Gasteiger partial charge in [0, 0.05) is 24.5 Å². The number of rotatable bonds is 13. The van der Waals surface area contributed by atoms with Gasteiger partial charge in [-0.25, -0.2) is 0 Å². The van der Waals surface area contributed by atoms with Gasteiger partial charge in [-0.3, -0.25) is 9.59 Å². The van der Waals surface area contributed by atoms with E-state index in [-0.39, 0.29) is 18.2 Å². The fourth-order valence-electron chi connectivity index (χ4n) is 3.64. The molecule has 0 aliphatic rings. The number of aryl methyl sites for hydroxylation is 1. The molecule has 0 aromatic heterocycles. The summed E-state index contributed by atoms with van der Waals surface area (Å²) in [5, 5.41) is 3.49. The summed E-state index contributed by atoms with van der Waals surface area (Å²) in [4.78, 5) is 27.7. The van der Waals surface area contributed by atoms with Crippen molar-refractivity contribution in [3.05, 3.63) is 58.6 Å². The number of ether oxygens (including phenoxy) is 2. The SMILES string of the molecule is CCNC(=O)[C@@H](CC)N(Cc1ccc(Cl)cc1)C(=O)CCc1ccc(OCC)c(OCC)c1. The van der Waals surface area contributed by atoms with Crippen LogP contribution in [0.15, 0.2) is 42.5 Å². The Labute approximate surface area is 202 Å². The Hall–Kier alpha value is -2.73. The van der Waals surface area contributed by atoms with Gasteiger partial charge >= 0.3 is 0 Å². The predicted octanol–water partition coefficient (Wildman–Crippen LogP) is 5.01. The van der Waals surface area contributed by atoms with E-state index in [0.29, 0.717) is 55.7 Å². The minimum atomic E-state index is -0.535. The molecular weight excluding hydrogens is 440 g/mol. The topological polar surface area (TPSA) is 67.9 Å². The van der Waals surface area contributed by atoms with Crippen LogP contribution in [-0.2, 0) is 22.6 Å². The van der Waals surface area contributed by atoms with Crippen LogP contribution >= 0.6 is 11.6 Å². The largest absolute Gasteiger partial charge is 0.490 e. The third kappa shape index (κ3) is 7.97. The zero-order valence-corrected chi connectivity index (χ0v) is 20.8. The van der Waals surface area contributed by atoms with Crippen molar-refractivity contribution in [3.63, 3.8) is 0 Å². The highest BCUT2D eigenvalue weighted by Crippen LogP contribution is 2.29. The van der Waals surface area contributed by atoms with Crippen molar-refractivity contribution in [2.24, 2.45) is 0 Å². The first-order valence-corrected chi connectivity index (χ1v) is 12.0. The second-order valence-electron chi connectivity index (χ2n) is 7.61. The quantitative estimate of drug-likeness (QED) is 0.443. The van der Waals surface area contributed by atoms with Gasteiger partial charge in [-0.15, -0.1) is 0 Å². The smallest absolute Gasteiger partial charge is 0.242 e. The van der Waals surface area contributed by atoms with E-state index in [1.165, 1.54) is 0 Å². The molecule has 0 aliphatic carbocycles. The number of hydrogen-bond donors (Lipinski definition) is 1. The Bertz CT molecular complexity index is 902. The maximum atomic E-state index is 13.3. The van der Waals surface area contributed by atoms with Gasteiger partial charge in [-0.1, -0.05) is 36.7 Å². The summed E-state index contributed by atoms with van der Waals surface area (Å²) in [6, 6.07) is 12.6. The third-order valence-electron chi connectivity index (χ3n) is 5.24. The molecule has 0 radical (unpaired) electrons. The third-order valence-corrected chi connectivity index (χ3v) is 5.49. The Kier molecular flexibility index (Phi) is 11.0. The number of benzene rings is 2. The lowest BCUT2D eigenvalue weighted by molar-refractivity contribution is -0.141. The van der Waals surface area contributed by atoms with Gasteiger partial charge in [0.05, 0.1) is 13.2 Å². The van der Waals surface area contributed by atoms with E-state index >= 15 is 0 Å². The standard InChI is InChI=1S/C26H35ClN2O4/c1-5-22(26(31)28-6-2)29(18-20-9-13-21(27)14-10-20)25(30)16-12-19-11-15-23(32-7-3)24(17-19)33-8-4/h9-11,13-15,17,22H,5-8,12,16,18H2,1-4H3,(H,28,31)/t22-/m1/s1. The summed E-state index contributed by atoms with van der Waals surface area (Å²) in [7, 11) is 0. The molecule has 2 aromatic carbocycles. The van der Waals surface area contributed by atoms with Gasteiger partial charge in [0.1, 0.15) is 6.04 Å². The van der Waals surface area contributed by atoms with Crippen LogP contribution in [0.1, 0.15) is 51.7 Å². The monoisotopic (exact) mass is 474 g/mol. The molecule has 2 rings (SSSR count). The van der Waals surface area contributed by atoms with Gasteiger partial charge in [-0.05, 0) is 69.0 Å². The number of hydrogen-bond acceptors (Lipinski definition) is 4. The summed E-state index contributed by atoms with van der Waals surface area (Å²) in [5.41, 5.74) is 1.91. The van der Waals surface area contributed by atoms with Crippen LogP contribution in [-0.4, -0.2) is 42.5 Å². The number of likely N-dealkylation sites (N-methyl/N-ethyl adjacent to an activating group) is 1. The second kappa shape index (κ2) is 13.7. The minimum Gasteiger partial charge on any atom is -0.490 e. The van der Waals surface area contributed by atoms with Crippen LogP contribution < -0.4 is 14.8 Å². The molecule has 0 spiro atoms. The lowest BCUT2D eigenvalue weighted by Crippen LogP contribution is -2.49. The maximum absolute atomic E-state index is 13.3. The molecule has 0 unspecified atom stereocenters. The van der Waals surface area contributed by atoms with Crippen LogP contribution in [0.25, 0.3) is 0 Å². The Morgan fingerprint density at radius 3 is 2.18 bits per heavy atom. The summed E-state index contributed by atoms with van der Waals surface area (Å²) in [5.74, 6) is 1.16. The van der Waals surface area contributed by atoms with Crippen molar-refractivity contribution < 1.29 is 19.1 Å².